The van der Waals surface area contributed by atoms with Gasteiger partial charge in [-0.05, 0) is 25.0 Å². The van der Waals surface area contributed by atoms with Crippen LogP contribution in [0.15, 0.2) is 33.7 Å². The fraction of sp³-hybridized carbons (Fsp3) is 0.471. The molecule has 1 aliphatic carbocycles. The lowest BCUT2D eigenvalue weighted by Gasteiger charge is -2.31. The maximum absolute atomic E-state index is 12.6. The molecule has 0 bridgehead atoms. The van der Waals surface area contributed by atoms with E-state index < -0.39 is 17.7 Å². The number of carbonyl (C=O) groups excluding carboxylic acids is 1. The molecule has 0 radical (unpaired) electrons. The van der Waals surface area contributed by atoms with Gasteiger partial charge in [-0.1, -0.05) is 28.1 Å². The van der Waals surface area contributed by atoms with E-state index in [0.717, 1.165) is 48.3 Å². The Morgan fingerprint density at radius 1 is 1.30 bits per heavy atom. The number of amidine groups is 1. The summed E-state index contributed by atoms with van der Waals surface area (Å²) in [5.41, 5.74) is 0.636. The zero-order valence-electron chi connectivity index (χ0n) is 14.1. The smallest absolute Gasteiger partial charge is 0.475 e. The first-order valence-electron chi connectivity index (χ1n) is 8.31. The Kier molecular flexibility index (Phi) is 5.31. The van der Waals surface area contributed by atoms with E-state index in [-0.39, 0.29) is 5.91 Å². The Balaban J connectivity index is 0.000000260. The molecule has 0 unspecified atom stereocenters. The molecule has 27 heavy (non-hydrogen) atoms. The van der Waals surface area contributed by atoms with Crippen LogP contribution in [0.5, 0.6) is 0 Å². The number of aliphatic carboxylic acids is 1. The lowest BCUT2D eigenvalue weighted by Crippen LogP contribution is -2.50. The van der Waals surface area contributed by atoms with Crippen molar-refractivity contribution in [2.75, 3.05) is 19.6 Å². The third-order valence-electron chi connectivity index (χ3n) is 4.59. The normalized spacial score (nSPS) is 20.7. The summed E-state index contributed by atoms with van der Waals surface area (Å²) < 4.78 is 32.8. The molecule has 1 spiro atoms. The van der Waals surface area contributed by atoms with Gasteiger partial charge in [0.25, 0.3) is 5.91 Å². The average molecular weight is 448 g/mol. The van der Waals surface area contributed by atoms with E-state index in [2.05, 4.69) is 21.2 Å². The van der Waals surface area contributed by atoms with Crippen molar-refractivity contribution in [1.29, 1.82) is 0 Å². The highest BCUT2D eigenvalue weighted by molar-refractivity contribution is 9.10. The van der Waals surface area contributed by atoms with Gasteiger partial charge < -0.3 is 10.4 Å². The highest BCUT2D eigenvalue weighted by atomic mass is 79.9. The molecule has 1 saturated carbocycles. The van der Waals surface area contributed by atoms with Gasteiger partial charge in [-0.2, -0.15) is 13.2 Å². The number of carboxylic acid groups (broad SMARTS) is 1. The number of nitrogens with zero attached hydrogens (tertiary/aromatic N) is 2. The first-order chi connectivity index (χ1) is 12.6. The van der Waals surface area contributed by atoms with Crippen molar-refractivity contribution in [3.63, 3.8) is 0 Å². The molecule has 1 amide bonds. The number of alkyl halides is 3. The van der Waals surface area contributed by atoms with Gasteiger partial charge in [0, 0.05) is 35.6 Å². The quantitative estimate of drug-likeness (QED) is 0.745. The second-order valence-electron chi connectivity index (χ2n) is 6.72. The number of carboxylic acids is 1. The van der Waals surface area contributed by atoms with E-state index >= 15 is 0 Å². The average Bonchev–Trinajstić information content (AvgIpc) is 3.28. The number of amides is 1. The van der Waals surface area contributed by atoms with Crippen molar-refractivity contribution in [2.45, 2.75) is 24.6 Å². The Bertz CT molecular complexity index is 772. The maximum Gasteiger partial charge on any atom is 0.490 e. The fourth-order valence-corrected chi connectivity index (χ4v) is 3.09. The summed E-state index contributed by atoms with van der Waals surface area (Å²) in [5.74, 6) is -1.12. The molecule has 2 N–H and O–H groups in total. The third kappa shape index (κ3) is 4.32. The van der Waals surface area contributed by atoms with Gasteiger partial charge in [-0.3, -0.25) is 14.7 Å². The van der Waals surface area contributed by atoms with E-state index in [0.29, 0.717) is 5.92 Å². The molecule has 2 aliphatic heterocycles. The molecule has 1 aromatic carbocycles. The number of hydrogen-bond acceptors (Lipinski definition) is 4. The fourth-order valence-electron chi connectivity index (χ4n) is 2.83. The van der Waals surface area contributed by atoms with E-state index in [1.165, 1.54) is 0 Å². The SMILES string of the molecule is O=C(O)C(F)(F)F.O=C1N(CC2CNC2)C(c2ccc(Br)cc2)=NC12CC2. The lowest BCUT2D eigenvalue weighted by molar-refractivity contribution is -0.192. The van der Waals surface area contributed by atoms with Crippen molar-refractivity contribution in [1.82, 2.24) is 10.2 Å². The second kappa shape index (κ2) is 7.23. The molecule has 3 aliphatic rings. The van der Waals surface area contributed by atoms with Gasteiger partial charge in [-0.15, -0.1) is 0 Å². The lowest BCUT2D eigenvalue weighted by atomic mass is 10.0. The van der Waals surface area contributed by atoms with Crippen LogP contribution < -0.4 is 5.32 Å². The molecule has 0 aromatic heterocycles. The van der Waals surface area contributed by atoms with Crippen LogP contribution in [0, 0.1) is 5.92 Å². The number of nitrogens with one attached hydrogen (secondary N) is 1. The van der Waals surface area contributed by atoms with Gasteiger partial charge >= 0.3 is 12.1 Å². The van der Waals surface area contributed by atoms with E-state index in [1.807, 2.05) is 29.2 Å². The summed E-state index contributed by atoms with van der Waals surface area (Å²) in [6, 6.07) is 8.07. The first kappa shape index (κ1) is 19.8. The summed E-state index contributed by atoms with van der Waals surface area (Å²) >= 11 is 3.45. The van der Waals surface area contributed by atoms with Crippen molar-refractivity contribution in [2.24, 2.45) is 10.9 Å². The van der Waals surface area contributed by atoms with Crippen molar-refractivity contribution in [3.05, 3.63) is 34.3 Å². The van der Waals surface area contributed by atoms with Gasteiger partial charge in [0.05, 0.1) is 0 Å². The Hall–Kier alpha value is -1.94. The monoisotopic (exact) mass is 447 g/mol. The summed E-state index contributed by atoms with van der Waals surface area (Å²) in [6.45, 7) is 2.80. The predicted octanol–water partition coefficient (Wildman–Crippen LogP) is 2.42. The Labute approximate surface area is 161 Å². The predicted molar refractivity (Wildman–Crippen MR) is 94.4 cm³/mol. The number of benzene rings is 1. The zero-order chi connectivity index (χ0) is 19.8. The molecular weight excluding hydrogens is 431 g/mol. The van der Waals surface area contributed by atoms with Gasteiger partial charge in [-0.25, -0.2) is 4.79 Å². The van der Waals surface area contributed by atoms with E-state index in [4.69, 9.17) is 14.9 Å². The van der Waals surface area contributed by atoms with Crippen LogP contribution in [0.25, 0.3) is 0 Å². The highest BCUT2D eigenvalue weighted by Gasteiger charge is 2.57. The zero-order valence-corrected chi connectivity index (χ0v) is 15.7. The van der Waals surface area contributed by atoms with Crippen LogP contribution >= 0.6 is 15.9 Å². The van der Waals surface area contributed by atoms with Crippen LogP contribution in [0.4, 0.5) is 13.2 Å². The van der Waals surface area contributed by atoms with Crippen LogP contribution in [-0.2, 0) is 9.59 Å². The van der Waals surface area contributed by atoms with Gasteiger partial charge in [0.2, 0.25) is 0 Å². The van der Waals surface area contributed by atoms with Crippen LogP contribution in [0.2, 0.25) is 0 Å². The summed E-state index contributed by atoms with van der Waals surface area (Å²) in [4.78, 5) is 28.2. The van der Waals surface area contributed by atoms with E-state index in [9.17, 15) is 18.0 Å². The first-order valence-corrected chi connectivity index (χ1v) is 9.10. The van der Waals surface area contributed by atoms with Crippen LogP contribution in [0.3, 0.4) is 0 Å². The van der Waals surface area contributed by atoms with Gasteiger partial charge in [0.1, 0.15) is 11.4 Å². The second-order valence-corrected chi connectivity index (χ2v) is 7.63. The highest BCUT2D eigenvalue weighted by Crippen LogP contribution is 2.46. The summed E-state index contributed by atoms with van der Waals surface area (Å²) in [6.07, 6.45) is -3.27. The summed E-state index contributed by atoms with van der Waals surface area (Å²) in [5, 5.41) is 10.4. The maximum atomic E-state index is 12.6. The largest absolute Gasteiger partial charge is 0.490 e. The van der Waals surface area contributed by atoms with Crippen molar-refractivity contribution >= 4 is 33.6 Å². The Morgan fingerprint density at radius 2 is 1.85 bits per heavy atom. The minimum atomic E-state index is -5.08. The molecule has 146 valence electrons. The van der Waals surface area contributed by atoms with Gasteiger partial charge in [0.15, 0.2) is 0 Å². The molecule has 1 saturated heterocycles. The van der Waals surface area contributed by atoms with E-state index in [1.54, 1.807) is 0 Å². The molecule has 2 fully saturated rings. The Morgan fingerprint density at radius 3 is 2.26 bits per heavy atom. The molecule has 2 heterocycles. The molecule has 6 nitrogen and oxygen atoms in total. The molecule has 1 aromatic rings. The molecule has 0 atom stereocenters. The number of halogens is 4. The van der Waals surface area contributed by atoms with Crippen molar-refractivity contribution in [3.8, 4) is 0 Å². The number of hydrogen-bond donors (Lipinski definition) is 2. The molecule has 10 heteroatoms. The van der Waals surface area contributed by atoms with Crippen LogP contribution in [0.1, 0.15) is 18.4 Å². The number of carbonyl (C=O) groups is 2. The molecule has 4 rings (SSSR count). The summed E-state index contributed by atoms with van der Waals surface area (Å²) in [7, 11) is 0. The minimum Gasteiger partial charge on any atom is -0.475 e. The minimum absolute atomic E-state index is 0.210. The van der Waals surface area contributed by atoms with Crippen molar-refractivity contribution < 1.29 is 27.9 Å². The topological polar surface area (TPSA) is 82.0 Å². The number of aliphatic imine (C=N–C) groups is 1. The number of rotatable bonds is 3. The third-order valence-corrected chi connectivity index (χ3v) is 5.12. The molecular formula is C17H17BrF3N3O3. The standard InChI is InChI=1S/C15H16BrN3O.C2HF3O2/c16-12-3-1-11(2-4-12)13-18-15(5-6-15)14(20)19(13)9-10-7-17-8-10;3-2(4,5)1(6)7/h1-4,10,17H,5-9H2;(H,6,7). The van der Waals surface area contributed by atoms with Crippen LogP contribution in [-0.4, -0.2) is 59.1 Å².